The molecule has 0 radical (unpaired) electrons. The lowest BCUT2D eigenvalue weighted by Gasteiger charge is -2.08. The minimum atomic E-state index is 0.693. The van der Waals surface area contributed by atoms with Gasteiger partial charge < -0.3 is 5.32 Å². The fraction of sp³-hybridized carbons (Fsp3) is 0.136. The highest BCUT2D eigenvalue weighted by Gasteiger charge is 2.10. The fourth-order valence-corrected chi connectivity index (χ4v) is 3.41. The topological polar surface area (TPSA) is 86.3 Å². The van der Waals surface area contributed by atoms with E-state index in [9.17, 15) is 0 Å². The molecule has 1 N–H and O–H groups in total. The van der Waals surface area contributed by atoms with Crippen LogP contribution in [0, 0.1) is 20.8 Å². The lowest BCUT2D eigenvalue weighted by Crippen LogP contribution is -2.05. The number of hydrogen-bond acceptors (Lipinski definition) is 6. The van der Waals surface area contributed by atoms with E-state index in [1.165, 1.54) is 0 Å². The second-order valence-corrected chi connectivity index (χ2v) is 7.20. The van der Waals surface area contributed by atoms with Crippen molar-refractivity contribution < 1.29 is 0 Å². The Morgan fingerprint density at radius 2 is 1.70 bits per heavy atom. The predicted molar refractivity (Wildman–Crippen MR) is 116 cm³/mol. The van der Waals surface area contributed by atoms with E-state index in [2.05, 4.69) is 25.6 Å². The van der Waals surface area contributed by atoms with Crippen LogP contribution in [-0.2, 0) is 0 Å². The maximum absolute atomic E-state index is 4.80. The molecule has 0 unspecified atom stereocenters. The van der Waals surface area contributed by atoms with Gasteiger partial charge in [0, 0.05) is 11.4 Å². The van der Waals surface area contributed by atoms with Gasteiger partial charge in [-0.05, 0) is 69.3 Å². The molecule has 0 aliphatic rings. The molecule has 30 heavy (non-hydrogen) atoms. The normalized spacial score (nSPS) is 11.2. The summed E-state index contributed by atoms with van der Waals surface area (Å²) in [6, 6.07) is 17.7. The Morgan fingerprint density at radius 1 is 0.833 bits per heavy atom. The zero-order chi connectivity index (χ0) is 20.7. The second kappa shape index (κ2) is 7.07. The molecular formula is C22H20N8. The average molecular weight is 396 g/mol. The minimum absolute atomic E-state index is 0.693. The van der Waals surface area contributed by atoms with Crippen molar-refractivity contribution in [3.05, 3.63) is 78.0 Å². The lowest BCUT2D eigenvalue weighted by atomic mass is 10.2. The average Bonchev–Trinajstić information content (AvgIpc) is 3.32. The summed E-state index contributed by atoms with van der Waals surface area (Å²) in [5.74, 6) is 2.25. The molecule has 1 aromatic carbocycles. The quantitative estimate of drug-likeness (QED) is 0.493. The third kappa shape index (κ3) is 3.28. The van der Waals surface area contributed by atoms with Gasteiger partial charge in [-0.25, -0.2) is 14.6 Å². The molecule has 0 amide bonds. The Hall–Kier alpha value is -4.07. The van der Waals surface area contributed by atoms with Gasteiger partial charge in [0.05, 0.1) is 22.4 Å². The first kappa shape index (κ1) is 18.0. The summed E-state index contributed by atoms with van der Waals surface area (Å²) in [6.07, 6.45) is 1.79. The maximum atomic E-state index is 4.80. The van der Waals surface area contributed by atoms with Gasteiger partial charge in [-0.1, -0.05) is 6.07 Å². The largest absolute Gasteiger partial charge is 0.339 e. The Labute approximate surface area is 173 Å². The molecule has 0 saturated carbocycles. The van der Waals surface area contributed by atoms with Gasteiger partial charge in [0.25, 0.3) is 0 Å². The number of pyridine rings is 1. The monoisotopic (exact) mass is 396 g/mol. The Bertz CT molecular complexity index is 1350. The van der Waals surface area contributed by atoms with E-state index < -0.39 is 0 Å². The molecule has 148 valence electrons. The number of aromatic nitrogens is 7. The van der Waals surface area contributed by atoms with Crippen molar-refractivity contribution in [1.29, 1.82) is 0 Å². The van der Waals surface area contributed by atoms with E-state index in [4.69, 9.17) is 4.98 Å². The molecule has 0 fully saturated rings. The van der Waals surface area contributed by atoms with E-state index in [1.54, 1.807) is 6.33 Å². The molecule has 5 rings (SSSR count). The van der Waals surface area contributed by atoms with Crippen molar-refractivity contribution in [3.8, 4) is 11.6 Å². The molecule has 4 aromatic heterocycles. The summed E-state index contributed by atoms with van der Waals surface area (Å²) < 4.78 is 3.82. The van der Waals surface area contributed by atoms with Gasteiger partial charge in [-0.3, -0.25) is 4.57 Å². The molecule has 5 aromatic rings. The summed E-state index contributed by atoms with van der Waals surface area (Å²) in [6.45, 7) is 5.91. The van der Waals surface area contributed by atoms with Gasteiger partial charge in [0.1, 0.15) is 12.1 Å². The molecule has 0 atom stereocenters. The van der Waals surface area contributed by atoms with Crippen LogP contribution in [0.4, 0.5) is 11.5 Å². The molecule has 0 spiro atoms. The summed E-state index contributed by atoms with van der Waals surface area (Å²) in [5, 5.41) is 16.0. The lowest BCUT2D eigenvalue weighted by molar-refractivity contribution is 0.799. The first-order valence-corrected chi connectivity index (χ1v) is 9.62. The van der Waals surface area contributed by atoms with Crippen LogP contribution in [0.1, 0.15) is 17.1 Å². The van der Waals surface area contributed by atoms with Crippen molar-refractivity contribution in [1.82, 2.24) is 34.5 Å². The summed E-state index contributed by atoms with van der Waals surface area (Å²) in [5.41, 5.74) is 5.61. The zero-order valence-electron chi connectivity index (χ0n) is 16.9. The van der Waals surface area contributed by atoms with Gasteiger partial charge in [0.2, 0.25) is 0 Å². The molecule has 0 bridgehead atoms. The van der Waals surface area contributed by atoms with Crippen LogP contribution in [0.15, 0.2) is 60.9 Å². The van der Waals surface area contributed by atoms with Crippen LogP contribution >= 0.6 is 0 Å². The number of nitrogens with one attached hydrogen (secondary N) is 1. The van der Waals surface area contributed by atoms with Crippen molar-refractivity contribution in [2.45, 2.75) is 20.8 Å². The van der Waals surface area contributed by atoms with Crippen molar-refractivity contribution in [2.24, 2.45) is 0 Å². The Balaban J connectivity index is 1.49. The first-order chi connectivity index (χ1) is 14.6. The fourth-order valence-electron chi connectivity index (χ4n) is 3.41. The van der Waals surface area contributed by atoms with E-state index in [-0.39, 0.29) is 0 Å². The SMILES string of the molecule is Cc1ccc(Nc2ccc3c(c2)ncn3-c2cccc(-n3nc(C)cc3C)n2)nn1. The van der Waals surface area contributed by atoms with Gasteiger partial charge in [-0.2, -0.15) is 10.2 Å². The van der Waals surface area contributed by atoms with Gasteiger partial charge in [0.15, 0.2) is 11.6 Å². The van der Waals surface area contributed by atoms with Gasteiger partial charge in [-0.15, -0.1) is 5.10 Å². The first-order valence-electron chi connectivity index (χ1n) is 9.62. The number of imidazole rings is 1. The predicted octanol–water partition coefficient (Wildman–Crippen LogP) is 4.07. The van der Waals surface area contributed by atoms with Crippen LogP contribution < -0.4 is 5.32 Å². The number of fused-ring (bicyclic) bond motifs is 1. The number of nitrogens with zero attached hydrogens (tertiary/aromatic N) is 7. The number of hydrogen-bond donors (Lipinski definition) is 1. The van der Waals surface area contributed by atoms with E-state index in [0.717, 1.165) is 45.4 Å². The molecule has 0 aliphatic carbocycles. The van der Waals surface area contributed by atoms with Crippen LogP contribution in [0.5, 0.6) is 0 Å². The number of rotatable bonds is 4. The van der Waals surface area contributed by atoms with Crippen LogP contribution in [0.2, 0.25) is 0 Å². The highest BCUT2D eigenvalue weighted by molar-refractivity contribution is 5.81. The van der Waals surface area contributed by atoms with Crippen LogP contribution in [-0.4, -0.2) is 34.5 Å². The minimum Gasteiger partial charge on any atom is -0.339 e. The molecular weight excluding hydrogens is 376 g/mol. The molecule has 8 heteroatoms. The third-order valence-corrected chi connectivity index (χ3v) is 4.81. The van der Waals surface area contributed by atoms with Gasteiger partial charge >= 0.3 is 0 Å². The van der Waals surface area contributed by atoms with E-state index >= 15 is 0 Å². The number of anilines is 2. The van der Waals surface area contributed by atoms with Crippen molar-refractivity contribution >= 4 is 22.5 Å². The van der Waals surface area contributed by atoms with E-state index in [1.807, 2.05) is 84.6 Å². The smallest absolute Gasteiger partial charge is 0.156 e. The number of benzene rings is 1. The summed E-state index contributed by atoms with van der Waals surface area (Å²) in [7, 11) is 0. The second-order valence-electron chi connectivity index (χ2n) is 7.20. The van der Waals surface area contributed by atoms with E-state index in [0.29, 0.717) is 5.82 Å². The maximum Gasteiger partial charge on any atom is 0.156 e. The molecule has 0 saturated heterocycles. The number of aryl methyl sites for hydroxylation is 3. The standard InChI is InChI=1S/C22H20N8/c1-14-7-10-20(27-26-14)24-17-8-9-19-18(12-17)23-13-29(19)21-5-4-6-22(25-21)30-16(3)11-15(2)28-30/h4-13H,1-3H3,(H,24,27). The summed E-state index contributed by atoms with van der Waals surface area (Å²) in [4.78, 5) is 9.36. The van der Waals surface area contributed by atoms with Crippen LogP contribution in [0.25, 0.3) is 22.7 Å². The summed E-state index contributed by atoms with van der Waals surface area (Å²) >= 11 is 0. The molecule has 8 nitrogen and oxygen atoms in total. The molecule has 4 heterocycles. The van der Waals surface area contributed by atoms with Crippen LogP contribution in [0.3, 0.4) is 0 Å². The zero-order valence-corrected chi connectivity index (χ0v) is 16.9. The highest BCUT2D eigenvalue weighted by atomic mass is 15.3. The Morgan fingerprint density at radius 3 is 2.47 bits per heavy atom. The van der Waals surface area contributed by atoms with Crippen molar-refractivity contribution in [2.75, 3.05) is 5.32 Å². The molecule has 0 aliphatic heterocycles. The Kier molecular flexibility index (Phi) is 4.24. The van der Waals surface area contributed by atoms with Crippen molar-refractivity contribution in [3.63, 3.8) is 0 Å². The highest BCUT2D eigenvalue weighted by Crippen LogP contribution is 2.23. The third-order valence-electron chi connectivity index (χ3n) is 4.81.